The highest BCUT2D eigenvalue weighted by Crippen LogP contribution is 2.23. The fraction of sp³-hybridized carbons (Fsp3) is 0.300. The maximum atomic E-state index is 11.2. The van der Waals surface area contributed by atoms with Crippen molar-refractivity contribution >= 4 is 17.6 Å². The second kappa shape index (κ2) is 5.46. The lowest BCUT2D eigenvalue weighted by atomic mass is 10.2. The number of hydrogen-bond donors (Lipinski definition) is 1. The van der Waals surface area contributed by atoms with Crippen LogP contribution in [-0.2, 0) is 4.74 Å². The van der Waals surface area contributed by atoms with E-state index in [-0.39, 0.29) is 11.3 Å². The van der Waals surface area contributed by atoms with Gasteiger partial charge < -0.3 is 14.6 Å². The predicted molar refractivity (Wildman–Crippen MR) is 55.7 cm³/mol. The highest BCUT2D eigenvalue weighted by molar-refractivity contribution is 6.18. The summed E-state index contributed by atoms with van der Waals surface area (Å²) in [6.45, 7) is 0.340. The summed E-state index contributed by atoms with van der Waals surface area (Å²) < 4.78 is 9.69. The first kappa shape index (κ1) is 11.7. The lowest BCUT2D eigenvalue weighted by Crippen LogP contribution is -2.03. The molecule has 4 nitrogen and oxygen atoms in total. The van der Waals surface area contributed by atoms with Crippen molar-refractivity contribution in [2.24, 2.45) is 0 Å². The van der Waals surface area contributed by atoms with Crippen LogP contribution in [0.3, 0.4) is 0 Å². The zero-order valence-electron chi connectivity index (χ0n) is 8.20. The monoisotopic (exact) mass is 230 g/mol. The van der Waals surface area contributed by atoms with E-state index in [0.717, 1.165) is 0 Å². The van der Waals surface area contributed by atoms with Crippen molar-refractivity contribution in [2.45, 2.75) is 0 Å². The van der Waals surface area contributed by atoms with Crippen LogP contribution in [0.25, 0.3) is 0 Å². The molecular weight excluding hydrogens is 220 g/mol. The molecule has 1 rings (SSSR count). The normalized spacial score (nSPS) is 9.73. The van der Waals surface area contributed by atoms with Crippen LogP contribution in [-0.4, -0.2) is 30.7 Å². The van der Waals surface area contributed by atoms with Gasteiger partial charge in [0.1, 0.15) is 23.7 Å². The SMILES string of the molecule is COC(=O)c1cc(OCCCl)ccc1O. The predicted octanol–water partition coefficient (Wildman–Crippen LogP) is 1.80. The molecule has 82 valence electrons. The van der Waals surface area contributed by atoms with E-state index < -0.39 is 5.97 Å². The number of phenolic OH excluding ortho intramolecular Hbond substituents is 1. The molecule has 0 amide bonds. The van der Waals surface area contributed by atoms with E-state index in [1.165, 1.54) is 19.2 Å². The Morgan fingerprint density at radius 1 is 1.53 bits per heavy atom. The van der Waals surface area contributed by atoms with Crippen molar-refractivity contribution in [2.75, 3.05) is 19.6 Å². The molecule has 0 radical (unpaired) electrons. The van der Waals surface area contributed by atoms with Crippen molar-refractivity contribution in [1.82, 2.24) is 0 Å². The summed E-state index contributed by atoms with van der Waals surface area (Å²) in [5.74, 6) is 0.0757. The van der Waals surface area contributed by atoms with Gasteiger partial charge in [0.25, 0.3) is 0 Å². The van der Waals surface area contributed by atoms with E-state index in [1.807, 2.05) is 0 Å². The summed E-state index contributed by atoms with van der Waals surface area (Å²) in [6, 6.07) is 4.33. The van der Waals surface area contributed by atoms with Crippen LogP contribution in [0.15, 0.2) is 18.2 Å². The minimum atomic E-state index is -0.608. The molecule has 0 saturated carbocycles. The summed E-state index contributed by atoms with van der Waals surface area (Å²) in [4.78, 5) is 11.2. The fourth-order valence-corrected chi connectivity index (χ4v) is 1.11. The molecule has 0 fully saturated rings. The Hall–Kier alpha value is -1.42. The number of phenols is 1. The quantitative estimate of drug-likeness (QED) is 0.633. The van der Waals surface area contributed by atoms with E-state index >= 15 is 0 Å². The third kappa shape index (κ3) is 3.02. The second-order valence-corrected chi connectivity index (χ2v) is 3.09. The van der Waals surface area contributed by atoms with E-state index in [9.17, 15) is 9.90 Å². The maximum Gasteiger partial charge on any atom is 0.341 e. The van der Waals surface area contributed by atoms with Crippen LogP contribution in [0.4, 0.5) is 0 Å². The third-order valence-electron chi connectivity index (χ3n) is 1.72. The zero-order valence-corrected chi connectivity index (χ0v) is 8.95. The Balaban J connectivity index is 2.89. The average Bonchev–Trinajstić information content (AvgIpc) is 2.27. The Labute approximate surface area is 92.4 Å². The van der Waals surface area contributed by atoms with Gasteiger partial charge in [-0.3, -0.25) is 0 Å². The number of rotatable bonds is 4. The first-order chi connectivity index (χ1) is 7.19. The molecule has 0 heterocycles. The van der Waals surface area contributed by atoms with Gasteiger partial charge in [-0.15, -0.1) is 11.6 Å². The van der Waals surface area contributed by atoms with Gasteiger partial charge in [0.05, 0.1) is 13.0 Å². The summed E-state index contributed by atoms with van der Waals surface area (Å²) in [5.41, 5.74) is 0.0737. The first-order valence-corrected chi connectivity index (χ1v) is 4.82. The highest BCUT2D eigenvalue weighted by Gasteiger charge is 2.12. The molecule has 0 saturated heterocycles. The molecule has 0 atom stereocenters. The van der Waals surface area contributed by atoms with Crippen molar-refractivity contribution in [1.29, 1.82) is 0 Å². The number of hydrogen-bond acceptors (Lipinski definition) is 4. The average molecular weight is 231 g/mol. The maximum absolute atomic E-state index is 11.2. The van der Waals surface area contributed by atoms with Gasteiger partial charge >= 0.3 is 5.97 Å². The summed E-state index contributed by atoms with van der Waals surface area (Å²) >= 11 is 5.45. The number of carbonyl (C=O) groups excluding carboxylic acids is 1. The number of benzene rings is 1. The van der Waals surface area contributed by atoms with Crippen LogP contribution in [0.2, 0.25) is 0 Å². The van der Waals surface area contributed by atoms with Gasteiger partial charge in [0, 0.05) is 0 Å². The van der Waals surface area contributed by atoms with Gasteiger partial charge in [-0.1, -0.05) is 0 Å². The minimum Gasteiger partial charge on any atom is -0.507 e. The van der Waals surface area contributed by atoms with Crippen molar-refractivity contribution in [3.05, 3.63) is 23.8 Å². The Kier molecular flexibility index (Phi) is 4.24. The minimum absolute atomic E-state index is 0.0737. The number of carbonyl (C=O) groups is 1. The van der Waals surface area contributed by atoms with Crippen molar-refractivity contribution in [3.63, 3.8) is 0 Å². The van der Waals surface area contributed by atoms with Crippen LogP contribution in [0, 0.1) is 0 Å². The van der Waals surface area contributed by atoms with Crippen molar-refractivity contribution in [3.8, 4) is 11.5 Å². The van der Waals surface area contributed by atoms with Gasteiger partial charge in [-0.2, -0.15) is 0 Å². The van der Waals surface area contributed by atoms with Gasteiger partial charge in [-0.25, -0.2) is 4.79 Å². The third-order valence-corrected chi connectivity index (χ3v) is 1.87. The van der Waals surface area contributed by atoms with E-state index in [4.69, 9.17) is 16.3 Å². The molecule has 0 spiro atoms. The van der Waals surface area contributed by atoms with Crippen LogP contribution < -0.4 is 4.74 Å². The van der Waals surface area contributed by atoms with Gasteiger partial charge in [-0.05, 0) is 18.2 Å². The fourth-order valence-electron chi connectivity index (χ4n) is 1.03. The Morgan fingerprint density at radius 3 is 2.87 bits per heavy atom. The van der Waals surface area contributed by atoms with E-state index in [2.05, 4.69) is 4.74 Å². The number of halogens is 1. The molecule has 0 aliphatic rings. The van der Waals surface area contributed by atoms with Gasteiger partial charge in [0.15, 0.2) is 0 Å². The van der Waals surface area contributed by atoms with E-state index in [0.29, 0.717) is 18.2 Å². The lowest BCUT2D eigenvalue weighted by molar-refractivity contribution is 0.0597. The molecule has 0 bridgehead atoms. The Bertz CT molecular complexity index is 351. The van der Waals surface area contributed by atoms with Crippen LogP contribution in [0.1, 0.15) is 10.4 Å². The summed E-state index contributed by atoms with van der Waals surface area (Å²) in [6.07, 6.45) is 0. The molecule has 0 unspecified atom stereocenters. The number of methoxy groups -OCH3 is 1. The van der Waals surface area contributed by atoms with E-state index in [1.54, 1.807) is 6.07 Å². The summed E-state index contributed by atoms with van der Waals surface area (Å²) in [5, 5.41) is 9.38. The van der Waals surface area contributed by atoms with Crippen LogP contribution in [0.5, 0.6) is 11.5 Å². The number of alkyl halides is 1. The van der Waals surface area contributed by atoms with Crippen LogP contribution >= 0.6 is 11.6 Å². The largest absolute Gasteiger partial charge is 0.507 e. The molecule has 1 aromatic rings. The number of esters is 1. The number of aromatic hydroxyl groups is 1. The molecule has 15 heavy (non-hydrogen) atoms. The first-order valence-electron chi connectivity index (χ1n) is 4.29. The smallest absolute Gasteiger partial charge is 0.341 e. The molecule has 1 aromatic carbocycles. The summed E-state index contributed by atoms with van der Waals surface area (Å²) in [7, 11) is 1.24. The molecule has 0 aliphatic heterocycles. The Morgan fingerprint density at radius 2 is 2.27 bits per heavy atom. The zero-order chi connectivity index (χ0) is 11.3. The molecule has 1 N–H and O–H groups in total. The molecule has 0 aromatic heterocycles. The number of ether oxygens (including phenoxy) is 2. The van der Waals surface area contributed by atoms with Gasteiger partial charge in [0.2, 0.25) is 0 Å². The van der Waals surface area contributed by atoms with Crippen molar-refractivity contribution < 1.29 is 19.4 Å². The standard InChI is InChI=1S/C10H11ClO4/c1-14-10(13)8-6-7(15-5-4-11)2-3-9(8)12/h2-3,6,12H,4-5H2,1H3. The lowest BCUT2D eigenvalue weighted by Gasteiger charge is -2.07. The second-order valence-electron chi connectivity index (χ2n) is 2.71. The molecule has 5 heteroatoms. The molecular formula is C10H11ClO4. The topological polar surface area (TPSA) is 55.8 Å². The molecule has 0 aliphatic carbocycles. The highest BCUT2D eigenvalue weighted by atomic mass is 35.5.